The molecule has 0 aliphatic carbocycles. The number of carboxylic acids is 1. The molecule has 0 aromatic rings. The van der Waals surface area contributed by atoms with Gasteiger partial charge >= 0.3 is 5.97 Å². The van der Waals surface area contributed by atoms with Crippen molar-refractivity contribution in [1.29, 1.82) is 0 Å². The van der Waals surface area contributed by atoms with Gasteiger partial charge in [0, 0.05) is 6.08 Å². The Morgan fingerprint density at radius 2 is 1.92 bits per heavy atom. The monoisotopic (exact) mass is 215 g/mol. The summed E-state index contributed by atoms with van der Waals surface area (Å²) in [7, 11) is 0. The number of hydrogen-bond donors (Lipinski definition) is 2. The lowest BCUT2D eigenvalue weighted by Gasteiger charge is -1.89. The van der Waals surface area contributed by atoms with Crippen LogP contribution in [0, 0.1) is 0 Å². The fraction of sp³-hybridized carbons (Fsp3) is 0.571. The molecule has 0 heterocycles. The van der Waals surface area contributed by atoms with E-state index in [1.54, 1.807) is 6.08 Å². The molecule has 0 atom stereocenters. The molecule has 3 nitrogen and oxygen atoms in total. The van der Waals surface area contributed by atoms with E-state index in [4.69, 9.17) is 10.8 Å². The summed E-state index contributed by atoms with van der Waals surface area (Å²) in [5, 5.41) is 8.16. The van der Waals surface area contributed by atoms with Gasteiger partial charge < -0.3 is 10.8 Å². The van der Waals surface area contributed by atoms with Crippen LogP contribution in [0.4, 0.5) is 0 Å². The van der Waals surface area contributed by atoms with Gasteiger partial charge in [0.1, 0.15) is 0 Å². The number of unbranched alkanes of at least 4 members (excludes halogenated alkanes) is 2. The third kappa shape index (κ3) is 16.4. The predicted octanol–water partition coefficient (Wildman–Crippen LogP) is 1.60. The fourth-order valence-electron chi connectivity index (χ4n) is 0.591. The molecule has 0 fully saturated rings. The highest BCUT2D eigenvalue weighted by Crippen LogP contribution is 1.93. The van der Waals surface area contributed by atoms with Gasteiger partial charge in [-0.3, -0.25) is 0 Å². The molecule has 74 valence electrons. The van der Waals surface area contributed by atoms with Gasteiger partial charge in [-0.1, -0.05) is 6.08 Å². The zero-order valence-corrected chi connectivity index (χ0v) is 8.37. The molecule has 0 spiro atoms. The zero-order chi connectivity index (χ0) is 7.82. The number of carbonyl (C=O) groups is 1. The number of rotatable bonds is 5. The molecule has 5 heteroatoms. The molecule has 0 saturated heterocycles. The normalized spacial score (nSPS) is 8.75. The second-order valence-corrected chi connectivity index (χ2v) is 2.03. The number of hydrogen-bond acceptors (Lipinski definition) is 2. The van der Waals surface area contributed by atoms with Crippen LogP contribution in [0.3, 0.4) is 0 Å². The maximum Gasteiger partial charge on any atom is 0.327 e. The molecule has 3 N–H and O–H groups in total. The smallest absolute Gasteiger partial charge is 0.327 e. The van der Waals surface area contributed by atoms with Crippen molar-refractivity contribution in [1.82, 2.24) is 0 Å². The minimum Gasteiger partial charge on any atom is -0.478 e. The van der Waals surface area contributed by atoms with Gasteiger partial charge in [0.05, 0.1) is 0 Å². The first-order chi connectivity index (χ1) is 4.77. The lowest BCUT2D eigenvalue weighted by atomic mass is 10.2. The Morgan fingerprint density at radius 3 is 2.33 bits per heavy atom. The summed E-state index contributed by atoms with van der Waals surface area (Å²) in [5.74, 6) is -0.882. The van der Waals surface area contributed by atoms with Crippen LogP contribution in [-0.4, -0.2) is 17.6 Å². The van der Waals surface area contributed by atoms with Crippen molar-refractivity contribution in [2.45, 2.75) is 19.3 Å². The van der Waals surface area contributed by atoms with E-state index in [0.717, 1.165) is 25.3 Å². The van der Waals surface area contributed by atoms with E-state index in [1.807, 2.05) is 0 Å². The zero-order valence-electron chi connectivity index (χ0n) is 6.73. The van der Waals surface area contributed by atoms with Crippen LogP contribution in [0.2, 0.25) is 0 Å². The maximum absolute atomic E-state index is 9.92. The van der Waals surface area contributed by atoms with Crippen LogP contribution in [0.1, 0.15) is 19.3 Å². The summed E-state index contributed by atoms with van der Waals surface area (Å²) >= 11 is 0. The minimum atomic E-state index is -0.882. The topological polar surface area (TPSA) is 63.3 Å². The van der Waals surface area contributed by atoms with Crippen molar-refractivity contribution in [3.8, 4) is 0 Å². The molecule has 0 bridgehead atoms. The molecule has 0 amide bonds. The summed E-state index contributed by atoms with van der Waals surface area (Å²) in [5.41, 5.74) is 5.23. The van der Waals surface area contributed by atoms with E-state index >= 15 is 0 Å². The SMILES string of the molecule is Cl.Cl.NCCCC/C=C/C(=O)O. The predicted molar refractivity (Wildman–Crippen MR) is 54.2 cm³/mol. The summed E-state index contributed by atoms with van der Waals surface area (Å²) in [6.07, 6.45) is 5.56. The number of carboxylic acid groups (broad SMARTS) is 1. The molecular formula is C7H15Cl2NO2. The molecular weight excluding hydrogens is 201 g/mol. The molecule has 12 heavy (non-hydrogen) atoms. The number of allylic oxidation sites excluding steroid dienone is 1. The van der Waals surface area contributed by atoms with Crippen LogP contribution in [-0.2, 0) is 4.79 Å². The molecule has 0 rings (SSSR count). The Labute approximate surface area is 84.8 Å². The Morgan fingerprint density at radius 1 is 1.33 bits per heavy atom. The van der Waals surface area contributed by atoms with Crippen molar-refractivity contribution in [2.75, 3.05) is 6.54 Å². The fourth-order valence-corrected chi connectivity index (χ4v) is 0.591. The number of aliphatic carboxylic acids is 1. The summed E-state index contributed by atoms with van der Waals surface area (Å²) in [4.78, 5) is 9.92. The Bertz CT molecular complexity index is 129. The van der Waals surface area contributed by atoms with Crippen LogP contribution in [0.15, 0.2) is 12.2 Å². The van der Waals surface area contributed by atoms with Gasteiger partial charge in [0.15, 0.2) is 0 Å². The first-order valence-corrected chi connectivity index (χ1v) is 3.37. The Kier molecular flexibility index (Phi) is 19.7. The third-order valence-electron chi connectivity index (χ3n) is 1.09. The van der Waals surface area contributed by atoms with Gasteiger partial charge in [0.2, 0.25) is 0 Å². The molecule has 0 aliphatic rings. The van der Waals surface area contributed by atoms with E-state index < -0.39 is 5.97 Å². The van der Waals surface area contributed by atoms with Crippen molar-refractivity contribution >= 4 is 30.8 Å². The first-order valence-electron chi connectivity index (χ1n) is 3.37. The molecule has 0 aromatic heterocycles. The average molecular weight is 216 g/mol. The highest BCUT2D eigenvalue weighted by Gasteiger charge is 1.84. The second-order valence-electron chi connectivity index (χ2n) is 2.03. The maximum atomic E-state index is 9.92. The van der Waals surface area contributed by atoms with Crippen LogP contribution < -0.4 is 5.73 Å². The van der Waals surface area contributed by atoms with E-state index in [-0.39, 0.29) is 24.8 Å². The van der Waals surface area contributed by atoms with Crippen molar-refractivity contribution < 1.29 is 9.90 Å². The average Bonchev–Trinajstić information content (AvgIpc) is 1.87. The molecule has 0 aliphatic heterocycles. The molecule has 0 saturated carbocycles. The van der Waals surface area contributed by atoms with E-state index in [1.165, 1.54) is 0 Å². The largest absolute Gasteiger partial charge is 0.478 e. The standard InChI is InChI=1S/C7H13NO2.2ClH/c8-6-4-2-1-3-5-7(9)10;;/h3,5H,1-2,4,6,8H2,(H,9,10);2*1H/b5-3+;;. The lowest BCUT2D eigenvalue weighted by Crippen LogP contribution is -1.97. The number of halogens is 2. The van der Waals surface area contributed by atoms with Crippen molar-refractivity contribution in [2.24, 2.45) is 5.73 Å². The summed E-state index contributed by atoms with van der Waals surface area (Å²) in [6, 6.07) is 0. The lowest BCUT2D eigenvalue weighted by molar-refractivity contribution is -0.131. The van der Waals surface area contributed by atoms with Crippen LogP contribution in [0.25, 0.3) is 0 Å². The Hall–Kier alpha value is -0.250. The highest BCUT2D eigenvalue weighted by molar-refractivity contribution is 5.85. The van der Waals surface area contributed by atoms with Gasteiger partial charge in [-0.25, -0.2) is 4.79 Å². The van der Waals surface area contributed by atoms with Gasteiger partial charge in [-0.15, -0.1) is 24.8 Å². The minimum absolute atomic E-state index is 0. The van der Waals surface area contributed by atoms with Gasteiger partial charge in [-0.2, -0.15) is 0 Å². The highest BCUT2D eigenvalue weighted by atomic mass is 35.5. The molecule has 0 radical (unpaired) electrons. The second kappa shape index (κ2) is 13.3. The van der Waals surface area contributed by atoms with E-state index in [9.17, 15) is 4.79 Å². The summed E-state index contributed by atoms with van der Waals surface area (Å²) < 4.78 is 0. The van der Waals surface area contributed by atoms with E-state index in [0.29, 0.717) is 6.54 Å². The summed E-state index contributed by atoms with van der Waals surface area (Å²) in [6.45, 7) is 0.681. The number of nitrogens with two attached hydrogens (primary N) is 1. The van der Waals surface area contributed by atoms with Crippen molar-refractivity contribution in [3.63, 3.8) is 0 Å². The quantitative estimate of drug-likeness (QED) is 0.541. The van der Waals surface area contributed by atoms with E-state index in [2.05, 4.69) is 0 Å². The Balaban J connectivity index is -0.000000405. The third-order valence-corrected chi connectivity index (χ3v) is 1.09. The molecule has 0 unspecified atom stereocenters. The molecule has 0 aromatic carbocycles. The van der Waals surface area contributed by atoms with Crippen molar-refractivity contribution in [3.05, 3.63) is 12.2 Å². The van der Waals surface area contributed by atoms with Gasteiger partial charge in [0.25, 0.3) is 0 Å². The van der Waals surface area contributed by atoms with Gasteiger partial charge in [-0.05, 0) is 25.8 Å². The van der Waals surface area contributed by atoms with Crippen LogP contribution in [0.5, 0.6) is 0 Å². The van der Waals surface area contributed by atoms with Crippen LogP contribution >= 0.6 is 24.8 Å². The first kappa shape index (κ1) is 17.7.